The predicted molar refractivity (Wildman–Crippen MR) is 139 cm³/mol. The van der Waals surface area contributed by atoms with Crippen LogP contribution in [0.3, 0.4) is 0 Å². The summed E-state index contributed by atoms with van der Waals surface area (Å²) in [5.74, 6) is -1.35. The number of halogens is 1. The molecule has 2 N–H and O–H groups in total. The first-order valence-electron chi connectivity index (χ1n) is 12.0. The lowest BCUT2D eigenvalue weighted by molar-refractivity contribution is -0.133. The first kappa shape index (κ1) is 25.5. The van der Waals surface area contributed by atoms with Gasteiger partial charge >= 0.3 is 5.56 Å². The standard InChI is InChI=1S/C25H26FN7O4S/c1-27-22(36)18-12-16(26)4-3-15(18)11-17-13-28-23(38-17)20-21(35)24(37)33-10-9-32(25(33)29-20)14-19(34)31-7-5-30(2)6-8-31/h3-4,9-10,12-13,35H,5-8,11,14H2,1-2H3,(H,27,36). The summed E-state index contributed by atoms with van der Waals surface area (Å²) in [6, 6.07) is 4.00. The van der Waals surface area contributed by atoms with Crippen molar-refractivity contribution in [3.8, 4) is 16.5 Å². The Labute approximate surface area is 220 Å². The lowest BCUT2D eigenvalue weighted by atomic mass is 10.0. The molecule has 1 fully saturated rings. The number of nitrogens with one attached hydrogen (secondary N) is 1. The molecule has 11 nitrogen and oxygen atoms in total. The van der Waals surface area contributed by atoms with Crippen LogP contribution in [0.2, 0.25) is 0 Å². The molecule has 0 spiro atoms. The smallest absolute Gasteiger partial charge is 0.302 e. The number of carbonyl (C=O) groups is 2. The molecule has 13 heteroatoms. The number of thiazole rings is 1. The van der Waals surface area contributed by atoms with Crippen molar-refractivity contribution in [1.29, 1.82) is 0 Å². The van der Waals surface area contributed by atoms with Crippen LogP contribution in [0.1, 0.15) is 20.8 Å². The SMILES string of the molecule is CNC(=O)c1cc(F)ccc1Cc1cnc(-c2nc3n(CC(=O)N4CCN(C)CC4)ccn3c(=O)c2O)s1. The average molecular weight is 540 g/mol. The zero-order valence-corrected chi connectivity index (χ0v) is 21.7. The largest absolute Gasteiger partial charge is 0.501 e. The van der Waals surface area contributed by atoms with Gasteiger partial charge < -0.3 is 24.8 Å². The Morgan fingerprint density at radius 3 is 2.68 bits per heavy atom. The zero-order valence-electron chi connectivity index (χ0n) is 20.8. The second kappa shape index (κ2) is 10.3. The fourth-order valence-electron chi connectivity index (χ4n) is 4.37. The van der Waals surface area contributed by atoms with Gasteiger partial charge in [-0.15, -0.1) is 11.3 Å². The van der Waals surface area contributed by atoms with E-state index in [1.54, 1.807) is 21.9 Å². The van der Waals surface area contributed by atoms with E-state index in [1.165, 1.54) is 47.2 Å². The molecule has 38 heavy (non-hydrogen) atoms. The highest BCUT2D eigenvalue weighted by molar-refractivity contribution is 7.15. The molecule has 0 saturated carbocycles. The van der Waals surface area contributed by atoms with Crippen molar-refractivity contribution >= 4 is 28.9 Å². The normalized spacial score (nSPS) is 14.2. The highest BCUT2D eigenvalue weighted by Crippen LogP contribution is 2.30. The number of fused-ring (bicyclic) bond motifs is 1. The molecule has 0 unspecified atom stereocenters. The summed E-state index contributed by atoms with van der Waals surface area (Å²) in [4.78, 5) is 51.5. The van der Waals surface area contributed by atoms with Gasteiger partial charge in [0.25, 0.3) is 5.91 Å². The van der Waals surface area contributed by atoms with Crippen LogP contribution in [0, 0.1) is 5.82 Å². The Bertz CT molecular complexity index is 1590. The van der Waals surface area contributed by atoms with Gasteiger partial charge in [-0.05, 0) is 24.7 Å². The van der Waals surface area contributed by atoms with Crippen LogP contribution < -0.4 is 10.9 Å². The molecular weight excluding hydrogens is 513 g/mol. The quantitative estimate of drug-likeness (QED) is 0.377. The van der Waals surface area contributed by atoms with Crippen molar-refractivity contribution in [2.45, 2.75) is 13.0 Å². The van der Waals surface area contributed by atoms with Gasteiger partial charge in [0, 0.05) is 68.7 Å². The Balaban J connectivity index is 1.44. The minimum absolute atomic E-state index is 0.00359. The summed E-state index contributed by atoms with van der Waals surface area (Å²) in [5, 5.41) is 13.4. The summed E-state index contributed by atoms with van der Waals surface area (Å²) in [6.07, 6.45) is 4.91. The second-order valence-electron chi connectivity index (χ2n) is 9.08. The number of amides is 2. The fraction of sp³-hybridized carbons (Fsp3) is 0.320. The molecule has 3 aromatic heterocycles. The summed E-state index contributed by atoms with van der Waals surface area (Å²) < 4.78 is 16.5. The summed E-state index contributed by atoms with van der Waals surface area (Å²) in [6.45, 7) is 2.86. The fourth-order valence-corrected chi connectivity index (χ4v) is 5.30. The molecule has 1 aliphatic rings. The van der Waals surface area contributed by atoms with Gasteiger partial charge in [0.2, 0.25) is 17.4 Å². The zero-order chi connectivity index (χ0) is 27.0. The number of rotatable bonds is 6. The molecule has 4 aromatic rings. The molecule has 198 valence electrons. The molecule has 0 aliphatic carbocycles. The van der Waals surface area contributed by atoms with E-state index < -0.39 is 23.0 Å². The van der Waals surface area contributed by atoms with Crippen LogP contribution in [-0.2, 0) is 17.8 Å². The number of hydrogen-bond acceptors (Lipinski definition) is 8. The Kier molecular flexibility index (Phi) is 6.95. The highest BCUT2D eigenvalue weighted by Gasteiger charge is 2.23. The van der Waals surface area contributed by atoms with Crippen LogP contribution in [-0.4, -0.2) is 85.9 Å². The number of hydrogen-bond donors (Lipinski definition) is 2. The van der Waals surface area contributed by atoms with Crippen molar-refractivity contribution in [2.75, 3.05) is 40.3 Å². The van der Waals surface area contributed by atoms with Gasteiger partial charge in [0.05, 0.1) is 0 Å². The van der Waals surface area contributed by atoms with E-state index in [4.69, 9.17) is 0 Å². The maximum absolute atomic E-state index is 13.7. The number of aromatic hydroxyl groups is 1. The molecule has 4 heterocycles. The Morgan fingerprint density at radius 2 is 1.95 bits per heavy atom. The van der Waals surface area contributed by atoms with Gasteiger partial charge in [0.15, 0.2) is 5.69 Å². The summed E-state index contributed by atoms with van der Waals surface area (Å²) >= 11 is 1.19. The molecule has 1 saturated heterocycles. The first-order chi connectivity index (χ1) is 18.2. The average Bonchev–Trinajstić information content (AvgIpc) is 3.54. The number of piperazine rings is 1. The van der Waals surface area contributed by atoms with Crippen LogP contribution in [0.5, 0.6) is 5.75 Å². The third kappa shape index (κ3) is 4.89. The third-order valence-corrected chi connectivity index (χ3v) is 7.56. The van der Waals surface area contributed by atoms with Gasteiger partial charge in [-0.3, -0.25) is 14.4 Å². The highest BCUT2D eigenvalue weighted by atomic mass is 32.1. The minimum Gasteiger partial charge on any atom is -0.501 e. The van der Waals surface area contributed by atoms with Gasteiger partial charge in [0.1, 0.15) is 17.4 Å². The van der Waals surface area contributed by atoms with E-state index in [2.05, 4.69) is 20.2 Å². The molecule has 2 amide bonds. The molecule has 1 aliphatic heterocycles. The number of likely N-dealkylation sites (N-methyl/N-ethyl adjacent to an activating group) is 1. The van der Waals surface area contributed by atoms with Crippen LogP contribution in [0.15, 0.2) is 41.6 Å². The van der Waals surface area contributed by atoms with Gasteiger partial charge in [-0.1, -0.05) is 6.07 Å². The Morgan fingerprint density at radius 1 is 1.18 bits per heavy atom. The van der Waals surface area contributed by atoms with Crippen LogP contribution >= 0.6 is 11.3 Å². The second-order valence-corrected chi connectivity index (χ2v) is 10.2. The number of imidazole rings is 1. The van der Waals surface area contributed by atoms with E-state index in [0.717, 1.165) is 18.0 Å². The lowest BCUT2D eigenvalue weighted by Crippen LogP contribution is -2.48. The van der Waals surface area contributed by atoms with Crippen molar-refractivity contribution in [2.24, 2.45) is 0 Å². The minimum atomic E-state index is -0.673. The molecule has 5 rings (SSSR count). The molecule has 0 atom stereocenters. The predicted octanol–water partition coefficient (Wildman–Crippen LogP) is 1.19. The number of carbonyl (C=O) groups excluding carboxylic acids is 2. The molecule has 0 radical (unpaired) electrons. The van der Waals surface area contributed by atoms with Gasteiger partial charge in [-0.2, -0.15) is 0 Å². The van der Waals surface area contributed by atoms with Crippen LogP contribution in [0.4, 0.5) is 4.39 Å². The van der Waals surface area contributed by atoms with E-state index in [9.17, 15) is 23.9 Å². The monoisotopic (exact) mass is 539 g/mol. The number of aromatic nitrogens is 4. The van der Waals surface area contributed by atoms with E-state index in [-0.39, 0.29) is 29.5 Å². The topological polar surface area (TPSA) is 125 Å². The lowest BCUT2D eigenvalue weighted by Gasteiger charge is -2.32. The van der Waals surface area contributed by atoms with Gasteiger partial charge in [-0.25, -0.2) is 18.8 Å². The van der Waals surface area contributed by atoms with Crippen LogP contribution in [0.25, 0.3) is 16.5 Å². The number of nitrogens with zero attached hydrogens (tertiary/aromatic N) is 6. The van der Waals surface area contributed by atoms with Crippen molar-refractivity contribution in [1.82, 2.24) is 34.1 Å². The first-order valence-corrected chi connectivity index (χ1v) is 12.8. The summed E-state index contributed by atoms with van der Waals surface area (Å²) in [7, 11) is 3.48. The van der Waals surface area contributed by atoms with Crippen molar-refractivity contribution < 1.29 is 19.1 Å². The van der Waals surface area contributed by atoms with E-state index in [0.29, 0.717) is 30.1 Å². The van der Waals surface area contributed by atoms with Crippen molar-refractivity contribution in [3.63, 3.8) is 0 Å². The third-order valence-electron chi connectivity index (χ3n) is 6.55. The van der Waals surface area contributed by atoms with Crippen molar-refractivity contribution in [3.05, 3.63) is 69.0 Å². The summed E-state index contributed by atoms with van der Waals surface area (Å²) in [5.41, 5.74) is 0.146. The molecular formula is C25H26FN7O4S. The van der Waals surface area contributed by atoms with E-state index >= 15 is 0 Å². The van der Waals surface area contributed by atoms with E-state index in [1.807, 2.05) is 7.05 Å². The number of benzene rings is 1. The molecule has 0 bridgehead atoms. The maximum Gasteiger partial charge on any atom is 0.302 e. The Hall–Kier alpha value is -4.10. The molecule has 1 aromatic carbocycles. The maximum atomic E-state index is 13.7.